The number of anilines is 1. The van der Waals surface area contributed by atoms with Crippen LogP contribution in [0.25, 0.3) is 0 Å². The summed E-state index contributed by atoms with van der Waals surface area (Å²) in [5.74, 6) is -0.299. The molecule has 4 rings (SSSR count). The molecular formula is C18H16N4O3S5. The van der Waals surface area contributed by atoms with Gasteiger partial charge in [-0.25, -0.2) is 4.98 Å². The number of allylic oxidation sites excluding steroid dienone is 2. The Labute approximate surface area is 191 Å². The van der Waals surface area contributed by atoms with Gasteiger partial charge in [-0.2, -0.15) is 8.42 Å². The number of carbonyl (C=O) groups is 1. The Morgan fingerprint density at radius 2 is 2.03 bits per heavy atom. The lowest BCUT2D eigenvalue weighted by Gasteiger charge is -2.19. The van der Waals surface area contributed by atoms with Gasteiger partial charge < -0.3 is 0 Å². The molecule has 2 aliphatic heterocycles. The maximum atomic E-state index is 13.2. The summed E-state index contributed by atoms with van der Waals surface area (Å²) >= 11 is 5.09. The van der Waals surface area contributed by atoms with Gasteiger partial charge >= 0.3 is 0 Å². The Hall–Kier alpha value is -1.86. The van der Waals surface area contributed by atoms with Crippen LogP contribution in [-0.2, 0) is 14.8 Å². The van der Waals surface area contributed by atoms with E-state index in [9.17, 15) is 13.2 Å². The van der Waals surface area contributed by atoms with Crippen LogP contribution in [-0.4, -0.2) is 35.9 Å². The number of carbonyl (C=O) groups excluding carboxylic acids is 1. The monoisotopic (exact) mass is 496 g/mol. The number of rotatable bonds is 5. The molecule has 2 aromatic heterocycles. The average molecular weight is 497 g/mol. The molecule has 1 saturated heterocycles. The molecule has 12 heteroatoms. The van der Waals surface area contributed by atoms with E-state index in [-0.39, 0.29) is 21.8 Å². The smallest absolute Gasteiger partial charge is 0.282 e. The largest absolute Gasteiger partial charge is 0.294 e. The fraction of sp³-hybridized carbons (Fsp3) is 0.167. The van der Waals surface area contributed by atoms with Crippen LogP contribution in [0.1, 0.15) is 13.8 Å². The lowest BCUT2D eigenvalue weighted by molar-refractivity contribution is -0.121. The van der Waals surface area contributed by atoms with E-state index < -0.39 is 10.0 Å². The third-order valence-electron chi connectivity index (χ3n) is 4.23. The zero-order valence-corrected chi connectivity index (χ0v) is 20.0. The van der Waals surface area contributed by atoms with Gasteiger partial charge in [0.25, 0.3) is 15.9 Å². The Kier molecular flexibility index (Phi) is 5.95. The highest BCUT2D eigenvalue weighted by Gasteiger charge is 2.40. The molecular weight excluding hydrogens is 481 g/mol. The van der Waals surface area contributed by atoms with Gasteiger partial charge in [0.2, 0.25) is 0 Å². The summed E-state index contributed by atoms with van der Waals surface area (Å²) in [4.78, 5) is 22.4. The van der Waals surface area contributed by atoms with Crippen molar-refractivity contribution in [1.82, 2.24) is 9.88 Å². The van der Waals surface area contributed by atoms with Crippen LogP contribution in [0.15, 0.2) is 70.9 Å². The molecule has 0 spiro atoms. The molecule has 1 fully saturated rings. The van der Waals surface area contributed by atoms with Crippen LogP contribution in [0.3, 0.4) is 0 Å². The van der Waals surface area contributed by atoms with E-state index >= 15 is 0 Å². The fourth-order valence-corrected chi connectivity index (χ4v) is 7.89. The molecule has 0 atom stereocenters. The number of amides is 1. The topological polar surface area (TPSA) is 82.9 Å². The van der Waals surface area contributed by atoms with E-state index in [0.29, 0.717) is 9.93 Å². The van der Waals surface area contributed by atoms with Gasteiger partial charge in [-0.15, -0.1) is 33.7 Å². The summed E-state index contributed by atoms with van der Waals surface area (Å²) in [6, 6.07) is 3.15. The van der Waals surface area contributed by atoms with E-state index in [0.717, 1.165) is 38.8 Å². The molecule has 0 N–H and O–H groups in total. The Balaban J connectivity index is 1.80. The number of sulfonamides is 1. The number of thiophene rings is 1. The first-order chi connectivity index (χ1) is 14.3. The molecule has 7 nitrogen and oxygen atoms in total. The third kappa shape index (κ3) is 3.78. The maximum absolute atomic E-state index is 13.2. The number of aromatic nitrogens is 1. The van der Waals surface area contributed by atoms with Crippen molar-refractivity contribution in [3.05, 3.63) is 62.3 Å². The minimum absolute atomic E-state index is 0.123. The van der Waals surface area contributed by atoms with Crippen molar-refractivity contribution in [2.45, 2.75) is 18.1 Å². The quantitative estimate of drug-likeness (QED) is 0.439. The first kappa shape index (κ1) is 21.4. The lowest BCUT2D eigenvalue weighted by Crippen LogP contribution is -2.30. The van der Waals surface area contributed by atoms with Gasteiger partial charge in [0, 0.05) is 28.7 Å². The molecule has 0 aromatic carbocycles. The Morgan fingerprint density at radius 3 is 2.67 bits per heavy atom. The molecule has 2 aliphatic rings. The molecule has 2 aromatic rings. The summed E-state index contributed by atoms with van der Waals surface area (Å²) < 4.78 is 29.5. The minimum Gasteiger partial charge on any atom is -0.282 e. The average Bonchev–Trinajstić information content (AvgIpc) is 3.47. The SMILES string of the molecule is C=CCN1C(=O)/C(=C2\SC(C)=C(C)N2c2nccs2)S/C1=N/S(=O)(=O)c1cccs1. The third-order valence-corrected chi connectivity index (χ3v) is 10.1. The molecule has 30 heavy (non-hydrogen) atoms. The van der Waals surface area contributed by atoms with Crippen molar-refractivity contribution < 1.29 is 13.2 Å². The van der Waals surface area contributed by atoms with E-state index in [1.807, 2.05) is 24.1 Å². The number of amidine groups is 1. The normalized spacial score (nSPS) is 21.4. The highest BCUT2D eigenvalue weighted by atomic mass is 32.2. The molecule has 1 amide bonds. The maximum Gasteiger partial charge on any atom is 0.294 e. The van der Waals surface area contributed by atoms with Crippen molar-refractivity contribution in [2.24, 2.45) is 4.40 Å². The molecule has 0 unspecified atom stereocenters. The van der Waals surface area contributed by atoms with Crippen molar-refractivity contribution in [3.8, 4) is 0 Å². The van der Waals surface area contributed by atoms with Crippen molar-refractivity contribution in [2.75, 3.05) is 11.4 Å². The predicted octanol–water partition coefficient (Wildman–Crippen LogP) is 4.68. The molecule has 0 bridgehead atoms. The predicted molar refractivity (Wildman–Crippen MR) is 126 cm³/mol. The number of thiazole rings is 1. The van der Waals surface area contributed by atoms with Gasteiger partial charge in [-0.3, -0.25) is 14.6 Å². The summed E-state index contributed by atoms with van der Waals surface area (Å²) in [6.45, 7) is 7.80. The van der Waals surface area contributed by atoms with Crippen molar-refractivity contribution in [1.29, 1.82) is 0 Å². The van der Waals surface area contributed by atoms with Crippen LogP contribution < -0.4 is 4.90 Å². The van der Waals surface area contributed by atoms with Crippen molar-refractivity contribution >= 4 is 72.4 Å². The minimum atomic E-state index is -3.91. The summed E-state index contributed by atoms with van der Waals surface area (Å²) in [6.07, 6.45) is 3.26. The van der Waals surface area contributed by atoms with Gasteiger partial charge in [0.15, 0.2) is 10.3 Å². The zero-order chi connectivity index (χ0) is 21.5. The Morgan fingerprint density at radius 1 is 1.23 bits per heavy atom. The highest BCUT2D eigenvalue weighted by molar-refractivity contribution is 8.20. The van der Waals surface area contributed by atoms with E-state index in [4.69, 9.17) is 0 Å². The van der Waals surface area contributed by atoms with E-state index in [2.05, 4.69) is 16.0 Å². The molecule has 0 radical (unpaired) electrons. The second kappa shape index (κ2) is 8.35. The Bertz CT molecular complexity index is 1190. The zero-order valence-electron chi connectivity index (χ0n) is 15.9. The summed E-state index contributed by atoms with van der Waals surface area (Å²) in [7, 11) is -3.91. The second-order valence-corrected chi connectivity index (χ2v) is 11.9. The summed E-state index contributed by atoms with van der Waals surface area (Å²) in [5.41, 5.74) is 0.984. The van der Waals surface area contributed by atoms with Gasteiger partial charge in [0.1, 0.15) is 14.1 Å². The van der Waals surface area contributed by atoms with Crippen molar-refractivity contribution in [3.63, 3.8) is 0 Å². The van der Waals surface area contributed by atoms with E-state index in [1.165, 1.54) is 34.1 Å². The number of thioether (sulfide) groups is 2. The molecule has 0 saturated carbocycles. The first-order valence-corrected chi connectivity index (χ1v) is 13.4. The number of hydrogen-bond donors (Lipinski definition) is 0. The van der Waals surface area contributed by atoms with E-state index in [1.54, 1.807) is 23.7 Å². The lowest BCUT2D eigenvalue weighted by atomic mass is 10.4. The van der Waals surface area contributed by atoms with Crippen LogP contribution in [0.2, 0.25) is 0 Å². The van der Waals surface area contributed by atoms with Gasteiger partial charge in [-0.05, 0) is 37.1 Å². The molecule has 4 heterocycles. The molecule has 0 aliphatic carbocycles. The number of hydrogen-bond acceptors (Lipinski definition) is 9. The van der Waals surface area contributed by atoms with Crippen LogP contribution in [0, 0.1) is 0 Å². The van der Waals surface area contributed by atoms with Crippen LogP contribution in [0.4, 0.5) is 5.13 Å². The highest BCUT2D eigenvalue weighted by Crippen LogP contribution is 2.49. The first-order valence-electron chi connectivity index (χ1n) is 8.62. The summed E-state index contributed by atoms with van der Waals surface area (Å²) in [5, 5.41) is 5.13. The van der Waals surface area contributed by atoms with Gasteiger partial charge in [-0.1, -0.05) is 23.9 Å². The fourth-order valence-electron chi connectivity index (χ4n) is 2.73. The second-order valence-electron chi connectivity index (χ2n) is 6.12. The number of nitrogens with zero attached hydrogens (tertiary/aromatic N) is 4. The van der Waals surface area contributed by atoms with Gasteiger partial charge in [0.05, 0.1) is 0 Å². The van der Waals surface area contributed by atoms with Crippen LogP contribution >= 0.6 is 46.2 Å². The standard InChI is InChI=1S/C18H16N4O3S5/c1-4-8-21-15(23)14(29-18(21)20-30(24,25)13-6-5-9-26-13)16-22(11(2)12(3)28-16)17-19-7-10-27-17/h4-7,9-10H,1,8H2,2-3H3/b16-14+,20-18+. The molecule has 156 valence electrons. The van der Waals surface area contributed by atoms with Crippen LogP contribution in [0.5, 0.6) is 0 Å².